The van der Waals surface area contributed by atoms with E-state index in [1.165, 1.54) is 23.9 Å². The summed E-state index contributed by atoms with van der Waals surface area (Å²) in [4.78, 5) is 18.3. The van der Waals surface area contributed by atoms with Crippen LogP contribution in [0.15, 0.2) is 18.3 Å². The Balaban J connectivity index is 2.21. The van der Waals surface area contributed by atoms with Gasteiger partial charge in [0.2, 0.25) is 15.9 Å². The van der Waals surface area contributed by atoms with Crippen molar-refractivity contribution in [3.8, 4) is 5.88 Å². The summed E-state index contributed by atoms with van der Waals surface area (Å²) in [6.07, 6.45) is 2.72. The van der Waals surface area contributed by atoms with Gasteiger partial charge in [-0.15, -0.1) is 0 Å². The van der Waals surface area contributed by atoms with Gasteiger partial charge in [-0.1, -0.05) is 0 Å². The molecule has 0 saturated carbocycles. The van der Waals surface area contributed by atoms with E-state index in [4.69, 9.17) is 4.74 Å². The number of rotatable bonds is 3. The van der Waals surface area contributed by atoms with Crippen molar-refractivity contribution in [1.29, 1.82) is 0 Å². The Bertz CT molecular complexity index is 662. The third kappa shape index (κ3) is 3.22. The summed E-state index contributed by atoms with van der Waals surface area (Å²) in [6, 6.07) is 2.74. The van der Waals surface area contributed by atoms with E-state index >= 15 is 0 Å². The van der Waals surface area contributed by atoms with E-state index in [1.807, 2.05) is 13.8 Å². The van der Waals surface area contributed by atoms with Gasteiger partial charge in [0.15, 0.2) is 0 Å². The third-order valence-corrected chi connectivity index (χ3v) is 5.45. The van der Waals surface area contributed by atoms with Gasteiger partial charge in [-0.3, -0.25) is 4.79 Å². The molecule has 1 aromatic heterocycles. The van der Waals surface area contributed by atoms with E-state index in [1.54, 1.807) is 17.0 Å². The Morgan fingerprint density at radius 2 is 2.00 bits per heavy atom. The smallest absolute Gasteiger partial charge is 0.254 e. The van der Waals surface area contributed by atoms with Crippen molar-refractivity contribution in [2.24, 2.45) is 0 Å². The van der Waals surface area contributed by atoms with E-state index in [9.17, 15) is 13.2 Å². The lowest BCUT2D eigenvalue weighted by molar-refractivity contribution is 0.0483. The monoisotopic (exact) mass is 327 g/mol. The minimum Gasteiger partial charge on any atom is -0.481 e. The van der Waals surface area contributed by atoms with Crippen LogP contribution in [0.3, 0.4) is 0 Å². The topological polar surface area (TPSA) is 79.8 Å². The molecular formula is C14H21N3O4S. The average Bonchev–Trinajstić information content (AvgIpc) is 2.48. The van der Waals surface area contributed by atoms with Crippen molar-refractivity contribution in [3.63, 3.8) is 0 Å². The molecule has 1 saturated heterocycles. The van der Waals surface area contributed by atoms with Gasteiger partial charge in [0.25, 0.3) is 5.91 Å². The van der Waals surface area contributed by atoms with Crippen LogP contribution in [-0.2, 0) is 10.0 Å². The number of hydrogen-bond acceptors (Lipinski definition) is 5. The Morgan fingerprint density at radius 1 is 1.32 bits per heavy atom. The molecule has 0 bridgehead atoms. The van der Waals surface area contributed by atoms with Crippen LogP contribution in [0.1, 0.15) is 24.2 Å². The summed E-state index contributed by atoms with van der Waals surface area (Å²) < 4.78 is 30.0. The minimum absolute atomic E-state index is 0.145. The highest BCUT2D eigenvalue weighted by Crippen LogP contribution is 2.22. The summed E-state index contributed by atoms with van der Waals surface area (Å²) in [5.74, 6) is 0.231. The summed E-state index contributed by atoms with van der Waals surface area (Å²) in [7, 11) is -1.77. The predicted molar refractivity (Wildman–Crippen MR) is 82.3 cm³/mol. The zero-order chi connectivity index (χ0) is 16.5. The highest BCUT2D eigenvalue weighted by molar-refractivity contribution is 7.88. The summed E-state index contributed by atoms with van der Waals surface area (Å²) in [5.41, 5.74) is 0.485. The minimum atomic E-state index is -3.27. The molecule has 0 spiro atoms. The van der Waals surface area contributed by atoms with E-state index < -0.39 is 10.0 Å². The fourth-order valence-electron chi connectivity index (χ4n) is 2.69. The molecule has 0 aromatic carbocycles. The van der Waals surface area contributed by atoms with Crippen LogP contribution in [0.4, 0.5) is 0 Å². The standard InChI is InChI=1S/C14H21N3O4S/c1-10-11(2)17(22(4,19)20)8-7-16(10)14(18)12-5-6-15-13(9-12)21-3/h5-6,9-11H,7-8H2,1-4H3/t10-,11-/m1/s1. The molecule has 22 heavy (non-hydrogen) atoms. The maximum atomic E-state index is 12.7. The van der Waals surface area contributed by atoms with Crippen molar-refractivity contribution in [1.82, 2.24) is 14.2 Å². The Kier molecular flexibility index (Phi) is 4.72. The maximum Gasteiger partial charge on any atom is 0.254 e. The first-order chi connectivity index (χ1) is 10.3. The molecule has 0 unspecified atom stereocenters. The molecular weight excluding hydrogens is 306 g/mol. The van der Waals surface area contributed by atoms with Crippen LogP contribution >= 0.6 is 0 Å². The van der Waals surface area contributed by atoms with Crippen LogP contribution in [0.2, 0.25) is 0 Å². The van der Waals surface area contributed by atoms with Crippen LogP contribution in [0.25, 0.3) is 0 Å². The second-order valence-electron chi connectivity index (χ2n) is 5.44. The van der Waals surface area contributed by atoms with Gasteiger partial charge in [0.1, 0.15) is 0 Å². The number of pyridine rings is 1. The number of methoxy groups -OCH3 is 1. The van der Waals surface area contributed by atoms with Crippen LogP contribution in [0, 0.1) is 0 Å². The molecule has 1 aliphatic heterocycles. The number of hydrogen-bond donors (Lipinski definition) is 0. The summed E-state index contributed by atoms with van der Waals surface area (Å²) in [5, 5.41) is 0. The Morgan fingerprint density at radius 3 is 2.59 bits per heavy atom. The van der Waals surface area contributed by atoms with Crippen LogP contribution in [-0.4, -0.2) is 67.1 Å². The molecule has 0 N–H and O–H groups in total. The molecule has 8 heteroatoms. The van der Waals surface area contributed by atoms with Gasteiger partial charge < -0.3 is 9.64 Å². The van der Waals surface area contributed by atoms with Crippen LogP contribution in [0.5, 0.6) is 5.88 Å². The Hall–Kier alpha value is -1.67. The molecule has 122 valence electrons. The first-order valence-corrected chi connectivity index (χ1v) is 8.88. The number of carbonyl (C=O) groups is 1. The van der Waals surface area contributed by atoms with Gasteiger partial charge in [-0.2, -0.15) is 4.31 Å². The van der Waals surface area contributed by atoms with Gasteiger partial charge in [-0.05, 0) is 19.9 Å². The highest BCUT2D eigenvalue weighted by Gasteiger charge is 2.37. The summed E-state index contributed by atoms with van der Waals surface area (Å²) >= 11 is 0. The number of ether oxygens (including phenoxy) is 1. The Labute approximate surface area is 130 Å². The average molecular weight is 327 g/mol. The molecule has 1 aliphatic rings. The molecule has 2 rings (SSSR count). The van der Waals surface area contributed by atoms with Crippen molar-refractivity contribution >= 4 is 15.9 Å². The van der Waals surface area contributed by atoms with E-state index in [2.05, 4.69) is 4.98 Å². The third-order valence-electron chi connectivity index (χ3n) is 4.08. The first-order valence-electron chi connectivity index (χ1n) is 7.03. The van der Waals surface area contributed by atoms with Gasteiger partial charge in [0, 0.05) is 43.0 Å². The lowest BCUT2D eigenvalue weighted by Crippen LogP contribution is -2.60. The van der Waals surface area contributed by atoms with Crippen molar-refractivity contribution < 1.29 is 17.9 Å². The second-order valence-corrected chi connectivity index (χ2v) is 7.38. The highest BCUT2D eigenvalue weighted by atomic mass is 32.2. The van der Waals surface area contributed by atoms with Gasteiger partial charge in [-0.25, -0.2) is 13.4 Å². The zero-order valence-electron chi connectivity index (χ0n) is 13.2. The fourth-order valence-corrected chi connectivity index (χ4v) is 3.88. The van der Waals surface area contributed by atoms with Crippen molar-refractivity contribution in [2.45, 2.75) is 25.9 Å². The number of amides is 1. The number of carbonyl (C=O) groups excluding carboxylic acids is 1. The SMILES string of the molecule is COc1cc(C(=O)N2CCN(S(C)(=O)=O)[C@H](C)[C@H]2C)ccn1. The maximum absolute atomic E-state index is 12.7. The van der Waals surface area contributed by atoms with E-state index in [-0.39, 0.29) is 18.0 Å². The lowest BCUT2D eigenvalue weighted by Gasteiger charge is -2.43. The number of sulfonamides is 1. The molecule has 0 aliphatic carbocycles. The molecule has 1 aromatic rings. The summed E-state index contributed by atoms with van der Waals surface area (Å²) in [6.45, 7) is 4.34. The zero-order valence-corrected chi connectivity index (χ0v) is 14.0. The number of piperazine rings is 1. The fraction of sp³-hybridized carbons (Fsp3) is 0.571. The largest absolute Gasteiger partial charge is 0.481 e. The molecule has 1 fully saturated rings. The molecule has 0 radical (unpaired) electrons. The molecule has 1 amide bonds. The van der Waals surface area contributed by atoms with E-state index in [0.29, 0.717) is 24.5 Å². The number of nitrogens with zero attached hydrogens (tertiary/aromatic N) is 3. The predicted octanol–water partition coefficient (Wildman–Crippen LogP) is 0.585. The molecule has 7 nitrogen and oxygen atoms in total. The van der Waals surface area contributed by atoms with Crippen molar-refractivity contribution in [2.75, 3.05) is 26.5 Å². The lowest BCUT2D eigenvalue weighted by atomic mass is 10.1. The van der Waals surface area contributed by atoms with E-state index in [0.717, 1.165) is 0 Å². The second kappa shape index (κ2) is 6.21. The van der Waals surface area contributed by atoms with Crippen molar-refractivity contribution in [3.05, 3.63) is 23.9 Å². The van der Waals surface area contributed by atoms with Gasteiger partial charge in [0.05, 0.1) is 13.4 Å². The normalized spacial score (nSPS) is 23.4. The molecule has 2 atom stereocenters. The first kappa shape index (κ1) is 16.7. The van der Waals surface area contributed by atoms with Crippen LogP contribution < -0.4 is 4.74 Å². The quantitative estimate of drug-likeness (QED) is 0.811. The van der Waals surface area contributed by atoms with Gasteiger partial charge >= 0.3 is 0 Å². The number of aromatic nitrogens is 1. The molecule has 2 heterocycles.